The number of ether oxygens (including phenoxy) is 4. The summed E-state index contributed by atoms with van der Waals surface area (Å²) >= 11 is 0. The van der Waals surface area contributed by atoms with E-state index in [9.17, 15) is 43.2 Å². The van der Waals surface area contributed by atoms with Crippen molar-refractivity contribution < 1.29 is 80.2 Å². The third-order valence-corrected chi connectivity index (χ3v) is 23.0. The summed E-state index contributed by atoms with van der Waals surface area (Å²) in [5, 5.41) is 10.7. The van der Waals surface area contributed by atoms with Gasteiger partial charge in [-0.15, -0.1) is 0 Å². The Balaban J connectivity index is 5.22. The number of unbranched alkanes of at least 4 members (excludes halogenated alkanes) is 56. The number of carbonyl (C=O) groups excluding carboxylic acids is 4. The summed E-state index contributed by atoms with van der Waals surface area (Å²) in [6, 6.07) is 0. The van der Waals surface area contributed by atoms with E-state index in [-0.39, 0.29) is 25.7 Å². The Kier molecular flexibility index (Phi) is 78.5. The van der Waals surface area contributed by atoms with Gasteiger partial charge in [0.15, 0.2) is 12.2 Å². The molecule has 19 heteroatoms. The van der Waals surface area contributed by atoms with Crippen LogP contribution in [0.2, 0.25) is 0 Å². The molecule has 109 heavy (non-hydrogen) atoms. The lowest BCUT2D eigenvalue weighted by molar-refractivity contribution is -0.161. The highest BCUT2D eigenvalue weighted by Crippen LogP contribution is 2.45. The van der Waals surface area contributed by atoms with Crippen LogP contribution < -0.4 is 0 Å². The maximum absolute atomic E-state index is 13.2. The Morgan fingerprint density at radius 1 is 0.248 bits per heavy atom. The minimum atomic E-state index is -4.97. The van der Waals surface area contributed by atoms with E-state index in [2.05, 4.69) is 48.5 Å². The van der Waals surface area contributed by atoms with Gasteiger partial charge < -0.3 is 33.8 Å². The first-order valence-corrected chi connectivity index (χ1v) is 49.3. The van der Waals surface area contributed by atoms with Crippen LogP contribution in [0.15, 0.2) is 0 Å². The molecule has 2 unspecified atom stereocenters. The standard InChI is InChI=1S/C90H176O17P2/c1-8-9-10-11-12-13-14-15-16-17-18-19-20-21-29-34-39-44-51-59-66-73-89(94)106-85(77-100-87(92)71-64-57-50-43-38-33-28-24-22-26-31-36-41-47-54-61-68-81(2)3)79-104-108(96,97)102-75-84(91)76-103-109(98,99)105-80-86(78-101-88(93)72-65-58-53-46-49-56-63-70-83(6)7)107-90(95)74-67-60-52-45-40-35-30-25-23-27-32-37-42-48-55-62-69-82(4)5/h81-86,91H,8-80H2,1-7H3,(H,96,97)(H,98,99)/t84-,85-,86-/m1/s1. The summed E-state index contributed by atoms with van der Waals surface area (Å²) in [5.74, 6) is 0.225. The minimum absolute atomic E-state index is 0.107. The first-order valence-electron chi connectivity index (χ1n) is 46.3. The van der Waals surface area contributed by atoms with Crippen LogP contribution >= 0.6 is 15.6 Å². The third kappa shape index (κ3) is 83.8. The molecule has 0 aliphatic carbocycles. The van der Waals surface area contributed by atoms with Crippen molar-refractivity contribution in [3.05, 3.63) is 0 Å². The predicted molar refractivity (Wildman–Crippen MR) is 451 cm³/mol. The van der Waals surface area contributed by atoms with Gasteiger partial charge in [0.2, 0.25) is 0 Å². The highest BCUT2D eigenvalue weighted by atomic mass is 31.2. The van der Waals surface area contributed by atoms with Crippen LogP contribution in [0.1, 0.15) is 479 Å². The zero-order valence-electron chi connectivity index (χ0n) is 72.0. The van der Waals surface area contributed by atoms with E-state index in [1.807, 2.05) is 0 Å². The van der Waals surface area contributed by atoms with Crippen molar-refractivity contribution in [1.29, 1.82) is 0 Å². The van der Waals surface area contributed by atoms with Crippen molar-refractivity contribution in [2.75, 3.05) is 39.6 Å². The predicted octanol–water partition coefficient (Wildman–Crippen LogP) is 27.6. The van der Waals surface area contributed by atoms with Crippen LogP contribution in [-0.4, -0.2) is 96.7 Å². The summed E-state index contributed by atoms with van der Waals surface area (Å²) in [7, 11) is -9.93. The van der Waals surface area contributed by atoms with E-state index in [0.29, 0.717) is 31.6 Å². The molecule has 0 radical (unpaired) electrons. The average molecular weight is 1590 g/mol. The maximum atomic E-state index is 13.2. The van der Waals surface area contributed by atoms with Crippen LogP contribution in [0.25, 0.3) is 0 Å². The number of carbonyl (C=O) groups is 4. The van der Waals surface area contributed by atoms with E-state index in [1.165, 1.54) is 283 Å². The normalized spacial score (nSPS) is 13.8. The zero-order valence-corrected chi connectivity index (χ0v) is 73.8. The van der Waals surface area contributed by atoms with Crippen molar-refractivity contribution >= 4 is 39.5 Å². The van der Waals surface area contributed by atoms with Gasteiger partial charge in [-0.3, -0.25) is 37.3 Å². The Bertz CT molecular complexity index is 2100. The molecule has 5 atom stereocenters. The molecule has 0 aromatic heterocycles. The first kappa shape index (κ1) is 107. The second kappa shape index (κ2) is 79.9. The molecule has 0 saturated carbocycles. The topological polar surface area (TPSA) is 237 Å². The highest BCUT2D eigenvalue weighted by molar-refractivity contribution is 7.47. The monoisotopic (exact) mass is 1590 g/mol. The van der Waals surface area contributed by atoms with Crippen molar-refractivity contribution in [3.63, 3.8) is 0 Å². The van der Waals surface area contributed by atoms with E-state index >= 15 is 0 Å². The van der Waals surface area contributed by atoms with Gasteiger partial charge in [-0.05, 0) is 43.4 Å². The molecule has 0 amide bonds. The Hall–Kier alpha value is -1.94. The molecule has 0 saturated heterocycles. The summed E-state index contributed by atoms with van der Waals surface area (Å²) in [6.07, 6.45) is 72.4. The summed E-state index contributed by atoms with van der Waals surface area (Å²) in [5.41, 5.74) is 0. The van der Waals surface area contributed by atoms with Crippen molar-refractivity contribution in [3.8, 4) is 0 Å². The second-order valence-electron chi connectivity index (χ2n) is 33.8. The third-order valence-electron chi connectivity index (χ3n) is 21.1. The summed E-state index contributed by atoms with van der Waals surface area (Å²) in [4.78, 5) is 73.3. The van der Waals surface area contributed by atoms with Gasteiger partial charge >= 0.3 is 39.5 Å². The van der Waals surface area contributed by atoms with E-state index in [0.717, 1.165) is 108 Å². The number of aliphatic hydroxyl groups is 1. The lowest BCUT2D eigenvalue weighted by Gasteiger charge is -2.21. The lowest BCUT2D eigenvalue weighted by Crippen LogP contribution is -2.30. The molecular formula is C90H176O17P2. The molecule has 0 bridgehead atoms. The SMILES string of the molecule is CCCCCCCCCCCCCCCCCCCCCCCC(=O)O[C@H](COC(=O)CCCCCCCCCCCCCCCCCCC(C)C)COP(=O)(O)OC[C@@H](O)COP(=O)(O)OC[C@@H](COC(=O)CCCCCCCCCC(C)C)OC(=O)CCCCCCCCCCCCCCCCCCC(C)C. The minimum Gasteiger partial charge on any atom is -0.462 e. The number of rotatable bonds is 88. The Morgan fingerprint density at radius 3 is 0.624 bits per heavy atom. The number of aliphatic hydroxyl groups excluding tert-OH is 1. The van der Waals surface area contributed by atoms with Crippen LogP contribution in [0.4, 0.5) is 0 Å². The molecule has 0 heterocycles. The number of hydrogen-bond donors (Lipinski definition) is 3. The van der Waals surface area contributed by atoms with Crippen LogP contribution in [-0.2, 0) is 65.4 Å². The summed E-state index contributed by atoms with van der Waals surface area (Å²) < 4.78 is 69.0. The van der Waals surface area contributed by atoms with Gasteiger partial charge in [0.05, 0.1) is 26.4 Å². The number of esters is 4. The van der Waals surface area contributed by atoms with Crippen LogP contribution in [0.5, 0.6) is 0 Å². The molecule has 648 valence electrons. The van der Waals surface area contributed by atoms with E-state index in [4.69, 9.17) is 37.0 Å². The molecule has 0 rings (SSSR count). The van der Waals surface area contributed by atoms with Crippen LogP contribution in [0, 0.1) is 17.8 Å². The highest BCUT2D eigenvalue weighted by Gasteiger charge is 2.31. The number of hydrogen-bond acceptors (Lipinski definition) is 15. The quantitative estimate of drug-likeness (QED) is 0.0222. The molecule has 0 aliphatic heterocycles. The molecular weight excluding hydrogens is 1410 g/mol. The maximum Gasteiger partial charge on any atom is 0.472 e. The van der Waals surface area contributed by atoms with Gasteiger partial charge in [0.1, 0.15) is 19.3 Å². The molecule has 0 aliphatic rings. The van der Waals surface area contributed by atoms with Gasteiger partial charge in [-0.2, -0.15) is 0 Å². The molecule has 3 N–H and O–H groups in total. The van der Waals surface area contributed by atoms with Gasteiger partial charge in [0.25, 0.3) is 0 Å². The molecule has 0 aromatic rings. The smallest absolute Gasteiger partial charge is 0.462 e. The van der Waals surface area contributed by atoms with Gasteiger partial charge in [-0.25, -0.2) is 9.13 Å². The van der Waals surface area contributed by atoms with E-state index in [1.54, 1.807) is 0 Å². The summed E-state index contributed by atoms with van der Waals surface area (Å²) in [6.45, 7) is 12.0. The molecule has 0 fully saturated rings. The average Bonchev–Trinajstić information content (AvgIpc) is 0.903. The number of phosphoric ester groups is 2. The first-order chi connectivity index (χ1) is 52.7. The second-order valence-corrected chi connectivity index (χ2v) is 36.7. The largest absolute Gasteiger partial charge is 0.472 e. The van der Waals surface area contributed by atoms with Crippen molar-refractivity contribution in [1.82, 2.24) is 0 Å². The molecule has 0 aromatic carbocycles. The molecule has 17 nitrogen and oxygen atoms in total. The lowest BCUT2D eigenvalue weighted by atomic mass is 10.0. The number of phosphoric acid groups is 2. The zero-order chi connectivity index (χ0) is 80.0. The van der Waals surface area contributed by atoms with Crippen molar-refractivity contribution in [2.24, 2.45) is 17.8 Å². The van der Waals surface area contributed by atoms with Crippen molar-refractivity contribution in [2.45, 2.75) is 497 Å². The fourth-order valence-electron chi connectivity index (χ4n) is 14.1. The Labute approximate surface area is 670 Å². The molecule has 0 spiro atoms. The van der Waals surface area contributed by atoms with Gasteiger partial charge in [-0.1, -0.05) is 427 Å². The fraction of sp³-hybridized carbons (Fsp3) is 0.956. The van der Waals surface area contributed by atoms with E-state index < -0.39 is 97.5 Å². The van der Waals surface area contributed by atoms with Gasteiger partial charge in [0, 0.05) is 25.7 Å². The Morgan fingerprint density at radius 2 is 0.422 bits per heavy atom. The van der Waals surface area contributed by atoms with Crippen LogP contribution in [0.3, 0.4) is 0 Å². The fourth-order valence-corrected chi connectivity index (χ4v) is 15.7.